The fourth-order valence-electron chi connectivity index (χ4n) is 2.59. The highest BCUT2D eigenvalue weighted by Crippen LogP contribution is 2.20. The first-order valence-electron chi connectivity index (χ1n) is 8.59. The van der Waals surface area contributed by atoms with Crippen molar-refractivity contribution in [3.63, 3.8) is 0 Å². The standard InChI is InChI=1S/C18H26N4O3/c1-13(2)21(3)15-7-4-6-14(12-15)20-18(25)19-10-5-11-22-16(23)8-9-17(22)24/h4,6-7,12-13H,5,8-11H2,1-3H3,(H2,19,20,25). The predicted octanol–water partition coefficient (Wildman–Crippen LogP) is 2.19. The van der Waals surface area contributed by atoms with Gasteiger partial charge in [-0.1, -0.05) is 6.07 Å². The number of amides is 4. The molecule has 0 unspecified atom stereocenters. The number of nitrogens with zero attached hydrogens (tertiary/aromatic N) is 2. The van der Waals surface area contributed by atoms with E-state index in [-0.39, 0.29) is 17.8 Å². The molecule has 0 aromatic heterocycles. The van der Waals surface area contributed by atoms with E-state index in [4.69, 9.17) is 0 Å². The van der Waals surface area contributed by atoms with Gasteiger partial charge in [-0.05, 0) is 38.5 Å². The molecule has 7 nitrogen and oxygen atoms in total. The van der Waals surface area contributed by atoms with E-state index in [9.17, 15) is 14.4 Å². The minimum atomic E-state index is -0.302. The van der Waals surface area contributed by atoms with Crippen LogP contribution < -0.4 is 15.5 Å². The Morgan fingerprint density at radius 2 is 1.92 bits per heavy atom. The Balaban J connectivity index is 1.76. The lowest BCUT2D eigenvalue weighted by molar-refractivity contribution is -0.138. The molecule has 25 heavy (non-hydrogen) atoms. The van der Waals surface area contributed by atoms with Gasteiger partial charge in [0.25, 0.3) is 0 Å². The molecule has 1 saturated heterocycles. The van der Waals surface area contributed by atoms with Crippen LogP contribution >= 0.6 is 0 Å². The second-order valence-electron chi connectivity index (χ2n) is 6.43. The monoisotopic (exact) mass is 346 g/mol. The Labute approximate surface area is 148 Å². The molecule has 0 aliphatic carbocycles. The van der Waals surface area contributed by atoms with Crippen molar-refractivity contribution in [3.8, 4) is 0 Å². The highest BCUT2D eigenvalue weighted by molar-refractivity contribution is 6.01. The van der Waals surface area contributed by atoms with E-state index in [1.807, 2.05) is 31.3 Å². The van der Waals surface area contributed by atoms with Gasteiger partial charge in [0.1, 0.15) is 0 Å². The number of imide groups is 1. The average Bonchev–Trinajstić information content (AvgIpc) is 2.89. The maximum atomic E-state index is 12.0. The summed E-state index contributed by atoms with van der Waals surface area (Å²) >= 11 is 0. The lowest BCUT2D eigenvalue weighted by Gasteiger charge is -2.24. The summed E-state index contributed by atoms with van der Waals surface area (Å²) in [7, 11) is 2.00. The maximum Gasteiger partial charge on any atom is 0.319 e. The van der Waals surface area contributed by atoms with Gasteiger partial charge >= 0.3 is 6.03 Å². The van der Waals surface area contributed by atoms with Crippen LogP contribution in [-0.4, -0.2) is 48.9 Å². The van der Waals surface area contributed by atoms with E-state index >= 15 is 0 Å². The summed E-state index contributed by atoms with van der Waals surface area (Å²) in [4.78, 5) is 38.3. The summed E-state index contributed by atoms with van der Waals surface area (Å²) in [6, 6.07) is 7.70. The smallest absolute Gasteiger partial charge is 0.319 e. The first-order chi connectivity index (χ1) is 11.9. The van der Waals surface area contributed by atoms with Gasteiger partial charge in [-0.15, -0.1) is 0 Å². The number of urea groups is 1. The van der Waals surface area contributed by atoms with Crippen LogP contribution in [0.3, 0.4) is 0 Å². The van der Waals surface area contributed by atoms with E-state index < -0.39 is 0 Å². The van der Waals surface area contributed by atoms with E-state index in [1.54, 1.807) is 0 Å². The van der Waals surface area contributed by atoms with E-state index in [1.165, 1.54) is 4.90 Å². The number of benzene rings is 1. The Morgan fingerprint density at radius 3 is 2.56 bits per heavy atom. The third kappa shape index (κ3) is 5.20. The zero-order valence-corrected chi connectivity index (χ0v) is 15.0. The topological polar surface area (TPSA) is 81.8 Å². The molecular weight excluding hydrogens is 320 g/mol. The van der Waals surface area contributed by atoms with Gasteiger partial charge in [0, 0.05) is 50.4 Å². The molecule has 2 rings (SSSR count). The fraction of sp³-hybridized carbons (Fsp3) is 0.500. The van der Waals surface area contributed by atoms with Gasteiger partial charge in [-0.25, -0.2) is 4.79 Å². The number of hydrogen-bond donors (Lipinski definition) is 2. The Kier molecular flexibility index (Phi) is 6.38. The summed E-state index contributed by atoms with van der Waals surface area (Å²) in [5, 5.41) is 5.54. The molecule has 1 aliphatic rings. The first-order valence-corrected chi connectivity index (χ1v) is 8.59. The second kappa shape index (κ2) is 8.50. The highest BCUT2D eigenvalue weighted by Gasteiger charge is 2.27. The molecule has 1 aromatic carbocycles. The van der Waals surface area contributed by atoms with Crippen molar-refractivity contribution < 1.29 is 14.4 Å². The third-order valence-corrected chi connectivity index (χ3v) is 4.28. The lowest BCUT2D eigenvalue weighted by atomic mass is 10.2. The van der Waals surface area contributed by atoms with Crippen molar-refractivity contribution in [2.24, 2.45) is 0 Å². The van der Waals surface area contributed by atoms with Crippen molar-refractivity contribution in [2.45, 2.75) is 39.2 Å². The average molecular weight is 346 g/mol. The van der Waals surface area contributed by atoms with Crippen LogP contribution in [0, 0.1) is 0 Å². The second-order valence-corrected chi connectivity index (χ2v) is 6.43. The minimum absolute atomic E-state index is 0.125. The molecule has 1 heterocycles. The molecule has 0 radical (unpaired) electrons. The highest BCUT2D eigenvalue weighted by atomic mass is 16.2. The molecule has 0 spiro atoms. The van der Waals surface area contributed by atoms with E-state index in [2.05, 4.69) is 29.4 Å². The summed E-state index contributed by atoms with van der Waals surface area (Å²) in [6.45, 7) is 4.95. The zero-order valence-electron chi connectivity index (χ0n) is 15.0. The fourth-order valence-corrected chi connectivity index (χ4v) is 2.59. The van der Waals surface area contributed by atoms with Gasteiger partial charge in [0.2, 0.25) is 11.8 Å². The molecule has 0 atom stereocenters. The molecule has 136 valence electrons. The molecule has 1 aliphatic heterocycles. The maximum absolute atomic E-state index is 12.0. The SMILES string of the molecule is CC(C)N(C)c1cccc(NC(=O)NCCCN2C(=O)CCC2=O)c1. The van der Waals surface area contributed by atoms with Crippen molar-refractivity contribution in [2.75, 3.05) is 30.4 Å². The third-order valence-electron chi connectivity index (χ3n) is 4.28. The molecule has 0 bridgehead atoms. The first kappa shape index (κ1) is 18.8. The normalized spacial score (nSPS) is 14.2. The molecule has 7 heteroatoms. The quantitative estimate of drug-likeness (QED) is 0.586. The van der Waals surface area contributed by atoms with Gasteiger partial charge in [0.15, 0.2) is 0 Å². The molecule has 1 fully saturated rings. The Bertz CT molecular complexity index is 629. The molecule has 2 N–H and O–H groups in total. The summed E-state index contributed by atoms with van der Waals surface area (Å²) in [5.74, 6) is -0.249. The van der Waals surface area contributed by atoms with Crippen molar-refractivity contribution >= 4 is 29.2 Å². The number of rotatable bonds is 7. The molecule has 0 saturated carbocycles. The van der Waals surface area contributed by atoms with Crippen molar-refractivity contribution in [1.29, 1.82) is 0 Å². The summed E-state index contributed by atoms with van der Waals surface area (Å²) in [6.07, 6.45) is 1.14. The largest absolute Gasteiger partial charge is 0.372 e. The molecule has 4 amide bonds. The van der Waals surface area contributed by atoms with E-state index in [0.717, 1.165) is 5.69 Å². The van der Waals surface area contributed by atoms with Gasteiger partial charge < -0.3 is 15.5 Å². The van der Waals surface area contributed by atoms with Crippen LogP contribution in [0.5, 0.6) is 0 Å². The van der Waals surface area contributed by atoms with Crippen LogP contribution in [0.1, 0.15) is 33.1 Å². The Hall–Kier alpha value is -2.57. The van der Waals surface area contributed by atoms with Crippen molar-refractivity contribution in [1.82, 2.24) is 10.2 Å². The summed E-state index contributed by atoms with van der Waals surface area (Å²) in [5.41, 5.74) is 1.74. The number of carbonyl (C=O) groups is 3. The van der Waals surface area contributed by atoms with Gasteiger partial charge in [0.05, 0.1) is 0 Å². The predicted molar refractivity (Wildman–Crippen MR) is 97.6 cm³/mol. The molecule has 1 aromatic rings. The lowest BCUT2D eigenvalue weighted by Crippen LogP contribution is -2.34. The van der Waals surface area contributed by atoms with Crippen LogP contribution in [0.4, 0.5) is 16.2 Å². The van der Waals surface area contributed by atoms with Crippen LogP contribution in [0.25, 0.3) is 0 Å². The number of hydrogen-bond acceptors (Lipinski definition) is 4. The van der Waals surface area contributed by atoms with E-state index in [0.29, 0.717) is 44.1 Å². The van der Waals surface area contributed by atoms with Crippen LogP contribution in [0.2, 0.25) is 0 Å². The Morgan fingerprint density at radius 1 is 1.24 bits per heavy atom. The van der Waals surface area contributed by atoms with Crippen molar-refractivity contribution in [3.05, 3.63) is 24.3 Å². The molecular formula is C18H26N4O3. The van der Waals surface area contributed by atoms with Gasteiger partial charge in [-0.3, -0.25) is 14.5 Å². The summed E-state index contributed by atoms with van der Waals surface area (Å²) < 4.78 is 0. The zero-order chi connectivity index (χ0) is 18.4. The minimum Gasteiger partial charge on any atom is -0.372 e. The number of carbonyl (C=O) groups excluding carboxylic acids is 3. The number of likely N-dealkylation sites (tertiary alicyclic amines) is 1. The van der Waals surface area contributed by atoms with Gasteiger partial charge in [-0.2, -0.15) is 0 Å². The number of nitrogens with one attached hydrogen (secondary N) is 2. The van der Waals surface area contributed by atoms with Crippen LogP contribution in [-0.2, 0) is 9.59 Å². The van der Waals surface area contributed by atoms with Crippen LogP contribution in [0.15, 0.2) is 24.3 Å². The number of anilines is 2.